The van der Waals surface area contributed by atoms with Crippen LogP contribution in [0.25, 0.3) is 0 Å². The molecule has 2 aliphatic heterocycles. The number of hydrogen-bond donors (Lipinski definition) is 0. The maximum atomic E-state index is 5.73. The molecule has 54 heavy (non-hydrogen) atoms. The minimum absolute atomic E-state index is 0. The van der Waals surface area contributed by atoms with Crippen LogP contribution in [-0.4, -0.2) is 4.98 Å². The van der Waals surface area contributed by atoms with Crippen LogP contribution < -0.4 is 14.8 Å². The van der Waals surface area contributed by atoms with Crippen LogP contribution in [0.3, 0.4) is 0 Å². The summed E-state index contributed by atoms with van der Waals surface area (Å²) in [5, 5.41) is 0. The van der Waals surface area contributed by atoms with Crippen molar-refractivity contribution in [1.82, 2.24) is 9.97 Å². The molecule has 2 aromatic heterocycles. The maximum absolute atomic E-state index is 5.73. The number of pyridine rings is 1. The molecule has 8 rings (SSSR count). The molecule has 4 nitrogen and oxygen atoms in total. The number of rotatable bonds is 4. The van der Waals surface area contributed by atoms with E-state index >= 15 is 0 Å². The molecule has 5 heteroatoms. The number of para-hydroxylation sites is 3. The first-order chi connectivity index (χ1) is 24.6. The molecule has 280 valence electrons. The summed E-state index contributed by atoms with van der Waals surface area (Å²) in [6.07, 6.45) is 1.94. The average molecular weight is 895 g/mol. The van der Waals surface area contributed by atoms with Gasteiger partial charge in [-0.15, -0.1) is 5.56 Å². The Morgan fingerprint density at radius 2 is 1.04 bits per heavy atom. The van der Waals surface area contributed by atoms with E-state index in [1.54, 1.807) is 0 Å². The number of nitrogens with zero attached hydrogens (tertiary/aromatic N) is 4. The molecule has 4 aromatic carbocycles. The van der Waals surface area contributed by atoms with E-state index in [9.17, 15) is 0 Å². The molecule has 0 unspecified atom stereocenters. The van der Waals surface area contributed by atoms with Gasteiger partial charge in [0.05, 0.1) is 17.1 Å². The maximum Gasteiger partial charge on any atom is 3.00 e. The second-order valence-electron chi connectivity index (χ2n) is 17.7. The zero-order valence-electron chi connectivity index (χ0n) is 33.6. The Morgan fingerprint density at radius 3 is 1.57 bits per heavy atom. The van der Waals surface area contributed by atoms with Gasteiger partial charge in [-0.3, -0.25) is 4.90 Å². The fourth-order valence-electron chi connectivity index (χ4n) is 10.0. The van der Waals surface area contributed by atoms with E-state index in [-0.39, 0.29) is 51.5 Å². The molecular weight excluding hydrogens is 842 g/mol. The standard InChI is InChI=1S/C48H50N4.CH3.Au/c1-44(2,3)48(45(4,5)6,32-19-17-20-33(31-32)51-38-24-14-11-21-34(38)47(9,10)37-29-30-49-43(37)51)41-27-18-28-42(50-41)52-39-25-15-12-22-35(39)46(7,8)36-23-13-16-26-40(36)52;;/h11-30H,1-10H3;1H3;/q-2;-1;+3. The monoisotopic (exact) mass is 894 g/mol. The van der Waals surface area contributed by atoms with E-state index < -0.39 is 5.41 Å². The quantitative estimate of drug-likeness (QED) is 0.130. The van der Waals surface area contributed by atoms with Crippen molar-refractivity contribution in [3.8, 4) is 0 Å². The van der Waals surface area contributed by atoms with Crippen LogP contribution in [0.15, 0.2) is 121 Å². The van der Waals surface area contributed by atoms with Gasteiger partial charge in [-0.05, 0) is 63.0 Å². The van der Waals surface area contributed by atoms with E-state index in [0.717, 1.165) is 34.3 Å². The van der Waals surface area contributed by atoms with Crippen molar-refractivity contribution in [2.24, 2.45) is 10.8 Å². The first kappa shape index (κ1) is 39.3. The Balaban J connectivity index is 0.00000249. The minimum atomic E-state index is -0.545. The molecule has 2 aliphatic rings. The van der Waals surface area contributed by atoms with Crippen molar-refractivity contribution >= 4 is 34.4 Å². The van der Waals surface area contributed by atoms with Crippen molar-refractivity contribution in [1.29, 1.82) is 0 Å². The van der Waals surface area contributed by atoms with E-state index in [0.29, 0.717) is 0 Å². The number of fused-ring (bicyclic) bond motifs is 4. The zero-order valence-corrected chi connectivity index (χ0v) is 35.8. The molecule has 0 radical (unpaired) electrons. The number of hydrogen-bond acceptors (Lipinski definition) is 3. The second-order valence-corrected chi connectivity index (χ2v) is 17.7. The average Bonchev–Trinajstić information content (AvgIpc) is 3.59. The Labute approximate surface area is 339 Å². The molecule has 0 N–H and O–H groups in total. The van der Waals surface area contributed by atoms with Gasteiger partial charge in [0, 0.05) is 16.2 Å². The largest absolute Gasteiger partial charge is 3.00 e. The van der Waals surface area contributed by atoms with Crippen LogP contribution in [0, 0.1) is 24.3 Å². The van der Waals surface area contributed by atoms with Gasteiger partial charge in [0.15, 0.2) is 0 Å². The molecule has 0 atom stereocenters. The Bertz CT molecular complexity index is 2250. The van der Waals surface area contributed by atoms with Gasteiger partial charge in [-0.2, -0.15) is 30.0 Å². The first-order valence-corrected chi connectivity index (χ1v) is 18.6. The van der Waals surface area contributed by atoms with Crippen LogP contribution in [0.2, 0.25) is 0 Å². The Hall–Kier alpha value is -4.35. The molecule has 0 aliphatic carbocycles. The molecule has 4 heterocycles. The molecule has 0 saturated carbocycles. The SMILES string of the molecule is CC1(C)c2ccccc2N(c2cccc(C(c3[c-]c(N4c5ccccc5C(C)(C)c5cc[n-]c54)ccc3)(C(C)(C)C)C(C)(C)C)n2)c2ccccc21.[Au+3].[CH3-]. The molecular formula is C49H53AuN4. The predicted molar refractivity (Wildman–Crippen MR) is 223 cm³/mol. The first-order valence-electron chi connectivity index (χ1n) is 18.6. The van der Waals surface area contributed by atoms with Gasteiger partial charge in [0.1, 0.15) is 5.82 Å². The fraction of sp³-hybridized carbons (Fsp3) is 0.306. The summed E-state index contributed by atoms with van der Waals surface area (Å²) in [6, 6.07) is 45.8. The third-order valence-electron chi connectivity index (χ3n) is 12.0. The summed E-state index contributed by atoms with van der Waals surface area (Å²) in [6.45, 7) is 23.4. The van der Waals surface area contributed by atoms with Gasteiger partial charge < -0.3 is 17.3 Å². The third-order valence-corrected chi connectivity index (χ3v) is 12.0. The van der Waals surface area contributed by atoms with Crippen LogP contribution in [-0.2, 0) is 38.6 Å². The van der Waals surface area contributed by atoms with E-state index in [1.807, 2.05) is 6.20 Å². The molecule has 6 aromatic rings. The normalized spacial score (nSPS) is 15.5. The summed E-state index contributed by atoms with van der Waals surface area (Å²) in [7, 11) is 0. The Kier molecular flexibility index (Phi) is 9.79. The topological polar surface area (TPSA) is 33.5 Å². The van der Waals surface area contributed by atoms with Gasteiger partial charge in [-0.1, -0.05) is 154 Å². The van der Waals surface area contributed by atoms with Crippen molar-refractivity contribution in [3.63, 3.8) is 0 Å². The zero-order chi connectivity index (χ0) is 36.8. The van der Waals surface area contributed by atoms with Crippen molar-refractivity contribution < 1.29 is 22.4 Å². The summed E-state index contributed by atoms with van der Waals surface area (Å²) in [5.74, 6) is 1.89. The Morgan fingerprint density at radius 1 is 0.556 bits per heavy atom. The smallest absolute Gasteiger partial charge is 0.442 e. The molecule has 0 bridgehead atoms. The van der Waals surface area contributed by atoms with Crippen LogP contribution in [0.5, 0.6) is 0 Å². The van der Waals surface area contributed by atoms with Gasteiger partial charge in [0.25, 0.3) is 0 Å². The minimum Gasteiger partial charge on any atom is -0.442 e. The van der Waals surface area contributed by atoms with Crippen LogP contribution >= 0.6 is 0 Å². The van der Waals surface area contributed by atoms with E-state index in [4.69, 9.17) is 9.97 Å². The summed E-state index contributed by atoms with van der Waals surface area (Å²) < 4.78 is 0. The van der Waals surface area contributed by atoms with Gasteiger partial charge in [0.2, 0.25) is 0 Å². The fourth-order valence-corrected chi connectivity index (χ4v) is 10.0. The number of benzene rings is 4. The second kappa shape index (κ2) is 13.4. The third kappa shape index (κ3) is 5.55. The van der Waals surface area contributed by atoms with E-state index in [2.05, 4.69) is 200 Å². The summed E-state index contributed by atoms with van der Waals surface area (Å²) >= 11 is 0. The summed E-state index contributed by atoms with van der Waals surface area (Å²) in [4.78, 5) is 15.4. The van der Waals surface area contributed by atoms with Crippen molar-refractivity contribution in [2.45, 2.75) is 85.5 Å². The molecule has 0 amide bonds. The number of anilines is 6. The molecule has 0 spiro atoms. The van der Waals surface area contributed by atoms with Gasteiger partial charge >= 0.3 is 22.4 Å². The van der Waals surface area contributed by atoms with E-state index in [1.165, 1.54) is 33.6 Å². The molecule has 0 saturated heterocycles. The van der Waals surface area contributed by atoms with Crippen molar-refractivity contribution in [2.75, 3.05) is 9.80 Å². The van der Waals surface area contributed by atoms with Crippen molar-refractivity contribution in [3.05, 3.63) is 168 Å². The summed E-state index contributed by atoms with van der Waals surface area (Å²) in [5.41, 5.74) is 10.4. The van der Waals surface area contributed by atoms with Gasteiger partial charge in [-0.25, -0.2) is 4.98 Å². The van der Waals surface area contributed by atoms with Crippen LogP contribution in [0.1, 0.15) is 103 Å². The predicted octanol–water partition coefficient (Wildman–Crippen LogP) is 12.9. The molecule has 0 fully saturated rings. The number of aromatic nitrogens is 2. The van der Waals surface area contributed by atoms with Crippen LogP contribution in [0.4, 0.5) is 34.4 Å².